The molecule has 0 heterocycles. The number of rotatable bonds is 0. The Morgan fingerprint density at radius 3 is 1.33 bits per heavy atom. The van der Waals surface area contributed by atoms with Crippen LogP contribution in [0, 0.1) is 0 Å². The van der Waals surface area contributed by atoms with Crippen molar-refractivity contribution < 1.29 is 40.9 Å². The SMILES string of the molecule is O=C([O-])C(=O)[O-].[N][C@@H]1CCCC[C@H]1[N].[Pt+2]. The second-order valence-corrected chi connectivity index (χ2v) is 2.99. The van der Waals surface area contributed by atoms with Gasteiger partial charge in [-0.3, -0.25) is 0 Å². The fourth-order valence-electron chi connectivity index (χ4n) is 1.09. The summed E-state index contributed by atoms with van der Waals surface area (Å²) in [6.07, 6.45) is 3.69. The van der Waals surface area contributed by atoms with Crippen LogP contribution in [-0.2, 0) is 30.7 Å². The summed E-state index contributed by atoms with van der Waals surface area (Å²) in [7, 11) is 0. The van der Waals surface area contributed by atoms with Crippen LogP contribution in [0.25, 0.3) is 0 Å². The fraction of sp³-hybridized carbons (Fsp3) is 0.750. The number of hydrogen-bond donors (Lipinski definition) is 0. The number of carbonyl (C=O) groups is 2. The Morgan fingerprint density at radius 1 is 0.933 bits per heavy atom. The molecular weight excluding hydrogens is 383 g/mol. The summed E-state index contributed by atoms with van der Waals surface area (Å²) in [5, 5.41) is 17.9. The van der Waals surface area contributed by atoms with Gasteiger partial charge in [-0.05, 0) is 12.8 Å². The average molecular weight is 393 g/mol. The fourth-order valence-corrected chi connectivity index (χ4v) is 1.09. The van der Waals surface area contributed by atoms with E-state index >= 15 is 0 Å². The number of carboxylic acids is 2. The Morgan fingerprint density at radius 2 is 1.20 bits per heavy atom. The summed E-state index contributed by atoms with van der Waals surface area (Å²) in [4.78, 5) is 17.9. The maximum atomic E-state index is 8.93. The molecule has 0 aromatic heterocycles. The van der Waals surface area contributed by atoms with Crippen molar-refractivity contribution in [1.82, 2.24) is 11.5 Å². The quantitative estimate of drug-likeness (QED) is 0.405. The van der Waals surface area contributed by atoms with E-state index in [0.29, 0.717) is 0 Å². The number of carbonyl (C=O) groups excluding carboxylic acids is 2. The molecule has 0 aromatic carbocycles. The molecule has 1 aliphatic rings. The molecule has 1 saturated carbocycles. The van der Waals surface area contributed by atoms with E-state index in [1.807, 2.05) is 0 Å². The van der Waals surface area contributed by atoms with Crippen LogP contribution < -0.4 is 21.7 Å². The van der Waals surface area contributed by atoms with Gasteiger partial charge in [-0.2, -0.15) is 0 Å². The smallest absolute Gasteiger partial charge is 0.543 e. The molecule has 1 fully saturated rings. The molecule has 7 heteroatoms. The second kappa shape index (κ2) is 8.82. The first-order valence-corrected chi connectivity index (χ1v) is 4.23. The molecule has 0 aromatic rings. The molecule has 15 heavy (non-hydrogen) atoms. The Labute approximate surface area is 102 Å². The molecule has 6 nitrogen and oxygen atoms in total. The minimum Gasteiger partial charge on any atom is -0.543 e. The maximum absolute atomic E-state index is 8.93. The van der Waals surface area contributed by atoms with Gasteiger partial charge in [0.15, 0.2) is 0 Å². The van der Waals surface area contributed by atoms with Gasteiger partial charge in [-0.15, -0.1) is 11.5 Å². The molecule has 0 aliphatic heterocycles. The van der Waals surface area contributed by atoms with E-state index in [1.165, 1.54) is 0 Å². The summed E-state index contributed by atoms with van der Waals surface area (Å²) >= 11 is 0. The third-order valence-corrected chi connectivity index (χ3v) is 1.86. The minimum atomic E-state index is -2.19. The third-order valence-electron chi connectivity index (χ3n) is 1.86. The topological polar surface area (TPSA) is 125 Å². The molecule has 0 N–H and O–H groups in total. The molecule has 0 spiro atoms. The number of carboxylic acid groups (broad SMARTS) is 2. The monoisotopic (exact) mass is 393 g/mol. The predicted molar refractivity (Wildman–Crippen MR) is 40.3 cm³/mol. The standard InChI is InChI=1S/C6H10N2.C2H2O4.Pt/c7-5-3-1-2-4-6(5)8;3-1(4)2(5)6;/h5-6H,1-4H2;(H,3,4)(H,5,6);/q;;+2/p-2/t5-,6-;;/m1../s1. The normalized spacial score (nSPS) is 24.1. The van der Waals surface area contributed by atoms with E-state index in [1.54, 1.807) is 0 Å². The summed E-state index contributed by atoms with van der Waals surface area (Å²) in [5.41, 5.74) is 17.9. The number of hydrogen-bond acceptors (Lipinski definition) is 4. The van der Waals surface area contributed by atoms with Crippen molar-refractivity contribution in [1.29, 1.82) is 0 Å². The molecule has 86 valence electrons. The molecule has 4 radical (unpaired) electrons. The van der Waals surface area contributed by atoms with E-state index < -0.39 is 24.0 Å². The largest absolute Gasteiger partial charge is 2.00 e. The Hall–Kier alpha value is -0.452. The van der Waals surface area contributed by atoms with Gasteiger partial charge in [0.1, 0.15) is 0 Å². The number of nitrogens with zero attached hydrogens (tertiary/aromatic N) is 2. The van der Waals surface area contributed by atoms with Crippen LogP contribution in [0.5, 0.6) is 0 Å². The maximum Gasteiger partial charge on any atom is 2.00 e. The van der Waals surface area contributed by atoms with Gasteiger partial charge in [0, 0.05) is 0 Å². The summed E-state index contributed by atoms with van der Waals surface area (Å²) in [6, 6.07) is -0.882. The molecule has 0 amide bonds. The zero-order valence-electron chi connectivity index (χ0n) is 7.83. The van der Waals surface area contributed by atoms with Gasteiger partial charge in [-0.25, -0.2) is 0 Å². The molecular formula is C8H10N2O4Pt. The van der Waals surface area contributed by atoms with Crippen molar-refractivity contribution in [2.45, 2.75) is 37.8 Å². The van der Waals surface area contributed by atoms with E-state index in [4.69, 9.17) is 31.3 Å². The van der Waals surface area contributed by atoms with Crippen molar-refractivity contribution in [2.75, 3.05) is 0 Å². The Kier molecular flexibility index (Phi) is 9.98. The van der Waals surface area contributed by atoms with Crippen LogP contribution in [0.4, 0.5) is 0 Å². The first-order valence-electron chi connectivity index (χ1n) is 4.23. The Bertz CT molecular complexity index is 191. The first kappa shape index (κ1) is 17.0. The third kappa shape index (κ3) is 8.54. The molecule has 0 bridgehead atoms. The van der Waals surface area contributed by atoms with E-state index in [9.17, 15) is 0 Å². The molecule has 2 atom stereocenters. The Balaban J connectivity index is 0. The van der Waals surface area contributed by atoms with Gasteiger partial charge in [0.25, 0.3) is 0 Å². The van der Waals surface area contributed by atoms with E-state index in [-0.39, 0.29) is 21.1 Å². The molecule has 0 saturated heterocycles. The average Bonchev–Trinajstić information content (AvgIpc) is 2.11. The van der Waals surface area contributed by atoms with Gasteiger partial charge in [0.05, 0.1) is 24.0 Å². The summed E-state index contributed by atoms with van der Waals surface area (Å²) < 4.78 is 0. The van der Waals surface area contributed by atoms with Crippen LogP contribution >= 0.6 is 0 Å². The summed E-state index contributed by atoms with van der Waals surface area (Å²) in [6.45, 7) is 0. The van der Waals surface area contributed by atoms with Gasteiger partial charge in [-0.1, -0.05) is 12.8 Å². The van der Waals surface area contributed by atoms with Crippen LogP contribution in [0.1, 0.15) is 25.7 Å². The summed E-state index contributed by atoms with van der Waals surface area (Å²) in [5.74, 6) is -4.37. The van der Waals surface area contributed by atoms with Crippen LogP contribution in [0.3, 0.4) is 0 Å². The van der Waals surface area contributed by atoms with Crippen LogP contribution in [-0.4, -0.2) is 24.0 Å². The predicted octanol–water partition coefficient (Wildman–Crippen LogP) is -3.08. The number of aliphatic carboxylic acids is 2. The van der Waals surface area contributed by atoms with Crippen molar-refractivity contribution in [2.24, 2.45) is 0 Å². The molecule has 1 aliphatic carbocycles. The van der Waals surface area contributed by atoms with Gasteiger partial charge < -0.3 is 19.8 Å². The van der Waals surface area contributed by atoms with Crippen molar-refractivity contribution in [3.63, 3.8) is 0 Å². The van der Waals surface area contributed by atoms with Crippen molar-refractivity contribution in [3.05, 3.63) is 0 Å². The van der Waals surface area contributed by atoms with Gasteiger partial charge >= 0.3 is 21.1 Å². The molecule has 1 rings (SSSR count). The van der Waals surface area contributed by atoms with Gasteiger partial charge in [0.2, 0.25) is 0 Å². The van der Waals surface area contributed by atoms with E-state index in [0.717, 1.165) is 25.7 Å². The zero-order valence-corrected chi connectivity index (χ0v) is 10.1. The zero-order chi connectivity index (χ0) is 11.1. The van der Waals surface area contributed by atoms with Crippen molar-refractivity contribution >= 4 is 11.9 Å². The molecule has 0 unspecified atom stereocenters. The minimum absolute atomic E-state index is 0. The first-order chi connectivity index (χ1) is 6.45. The van der Waals surface area contributed by atoms with Crippen LogP contribution in [0.15, 0.2) is 0 Å². The van der Waals surface area contributed by atoms with Crippen LogP contribution in [0.2, 0.25) is 0 Å². The van der Waals surface area contributed by atoms with Crippen molar-refractivity contribution in [3.8, 4) is 0 Å². The van der Waals surface area contributed by atoms with E-state index in [2.05, 4.69) is 0 Å². The second-order valence-electron chi connectivity index (χ2n) is 2.99.